The van der Waals surface area contributed by atoms with Gasteiger partial charge in [-0.2, -0.15) is 0 Å². The van der Waals surface area contributed by atoms with E-state index in [1.54, 1.807) is 11.8 Å². The Morgan fingerprint density at radius 3 is 2.59 bits per heavy atom. The number of rotatable bonds is 8. The first kappa shape index (κ1) is 20.9. The molecule has 0 aromatic heterocycles. The number of hydrogen-bond acceptors (Lipinski definition) is 6. The minimum absolute atomic E-state index is 0.111. The van der Waals surface area contributed by atoms with Crippen molar-refractivity contribution < 1.29 is 19.1 Å². The Morgan fingerprint density at radius 2 is 1.93 bits per heavy atom. The van der Waals surface area contributed by atoms with E-state index in [1.165, 1.54) is 24.8 Å². The van der Waals surface area contributed by atoms with Crippen LogP contribution in [0.4, 0.5) is 5.69 Å². The fraction of sp³-hybridized carbons (Fsp3) is 0.263. The minimum Gasteiger partial charge on any atom is -0.496 e. The summed E-state index contributed by atoms with van der Waals surface area (Å²) in [6.45, 7) is 2.11. The number of hydrogen-bond donors (Lipinski definition) is 2. The number of nitrogens with one attached hydrogen (secondary N) is 1. The van der Waals surface area contributed by atoms with Crippen molar-refractivity contribution in [1.82, 2.24) is 5.32 Å². The molecular formula is C19H21ClN2O4S. The monoisotopic (exact) mass is 408 g/mol. The van der Waals surface area contributed by atoms with Gasteiger partial charge in [0.05, 0.1) is 17.8 Å². The molecule has 6 nitrogen and oxygen atoms in total. The summed E-state index contributed by atoms with van der Waals surface area (Å²) in [6.07, 6.45) is 0. The van der Waals surface area contributed by atoms with Gasteiger partial charge in [0.2, 0.25) is 0 Å². The van der Waals surface area contributed by atoms with Crippen LogP contribution >= 0.6 is 23.4 Å². The minimum atomic E-state index is -0.710. The normalized spacial score (nSPS) is 10.3. The smallest absolute Gasteiger partial charge is 0.342 e. The molecule has 0 saturated heterocycles. The fourth-order valence-corrected chi connectivity index (χ4v) is 3.08. The summed E-state index contributed by atoms with van der Waals surface area (Å²) >= 11 is 7.56. The van der Waals surface area contributed by atoms with E-state index in [0.717, 1.165) is 4.90 Å². The summed E-state index contributed by atoms with van der Waals surface area (Å²) in [5.41, 5.74) is 7.27. The van der Waals surface area contributed by atoms with Crippen LogP contribution in [0.3, 0.4) is 0 Å². The lowest BCUT2D eigenvalue weighted by atomic mass is 10.2. The van der Waals surface area contributed by atoms with E-state index in [2.05, 4.69) is 5.32 Å². The zero-order chi connectivity index (χ0) is 19.8. The van der Waals surface area contributed by atoms with Gasteiger partial charge in [0.1, 0.15) is 11.3 Å². The van der Waals surface area contributed by atoms with E-state index in [1.807, 2.05) is 31.2 Å². The molecule has 0 heterocycles. The summed E-state index contributed by atoms with van der Waals surface area (Å²) in [5.74, 6) is -0.146. The van der Waals surface area contributed by atoms with Crippen LogP contribution in [0.15, 0.2) is 41.3 Å². The number of methoxy groups -OCH3 is 1. The Kier molecular flexibility index (Phi) is 7.82. The molecule has 0 spiro atoms. The second-order valence-electron chi connectivity index (χ2n) is 5.66. The van der Waals surface area contributed by atoms with Crippen LogP contribution in [-0.2, 0) is 9.53 Å². The van der Waals surface area contributed by atoms with E-state index < -0.39 is 5.97 Å². The molecule has 0 radical (unpaired) electrons. The molecule has 0 atom stereocenters. The zero-order valence-corrected chi connectivity index (χ0v) is 16.7. The van der Waals surface area contributed by atoms with E-state index in [0.29, 0.717) is 12.3 Å². The Bertz CT molecular complexity index is 812. The van der Waals surface area contributed by atoms with Gasteiger partial charge in [0, 0.05) is 23.3 Å². The van der Waals surface area contributed by atoms with Crippen molar-refractivity contribution in [3.05, 3.63) is 52.5 Å². The van der Waals surface area contributed by atoms with Gasteiger partial charge < -0.3 is 20.5 Å². The summed E-state index contributed by atoms with van der Waals surface area (Å²) in [5, 5.41) is 2.91. The predicted molar refractivity (Wildman–Crippen MR) is 108 cm³/mol. The van der Waals surface area contributed by atoms with E-state index in [4.69, 9.17) is 26.8 Å². The first-order chi connectivity index (χ1) is 12.9. The van der Waals surface area contributed by atoms with Crippen LogP contribution in [0.5, 0.6) is 5.75 Å². The molecule has 0 aliphatic carbocycles. The Labute approximate surface area is 167 Å². The van der Waals surface area contributed by atoms with Gasteiger partial charge in [0.15, 0.2) is 6.61 Å². The van der Waals surface area contributed by atoms with Crippen LogP contribution in [0, 0.1) is 6.92 Å². The molecule has 27 heavy (non-hydrogen) atoms. The Morgan fingerprint density at radius 1 is 1.22 bits per heavy atom. The van der Waals surface area contributed by atoms with Gasteiger partial charge in [-0.15, -0.1) is 11.8 Å². The number of amides is 1. The van der Waals surface area contributed by atoms with Crippen LogP contribution < -0.4 is 15.8 Å². The number of carbonyl (C=O) groups is 2. The molecule has 2 aromatic carbocycles. The molecule has 2 rings (SSSR count). The van der Waals surface area contributed by atoms with Crippen molar-refractivity contribution >= 4 is 40.9 Å². The summed E-state index contributed by atoms with van der Waals surface area (Å²) in [6, 6.07) is 10.9. The maximum atomic E-state index is 12.1. The number of halogens is 1. The van der Waals surface area contributed by atoms with Crippen LogP contribution in [-0.4, -0.2) is 37.9 Å². The third-order valence-electron chi connectivity index (χ3n) is 3.59. The third kappa shape index (κ3) is 6.37. The number of nitrogen functional groups attached to an aromatic ring is 1. The summed E-state index contributed by atoms with van der Waals surface area (Å²) in [4.78, 5) is 25.1. The molecule has 0 fully saturated rings. The number of ether oxygens (including phenoxy) is 2. The van der Waals surface area contributed by atoms with Crippen molar-refractivity contribution in [2.75, 3.05) is 31.7 Å². The van der Waals surface area contributed by atoms with E-state index >= 15 is 0 Å². The standard InChI is InChI=1S/C19H21ClN2O4S/c1-12-3-5-13(6-4-12)27-8-7-22-18(23)11-26-19(24)14-9-15(20)16(21)10-17(14)25-2/h3-6,9-10H,7-8,11,21H2,1-2H3,(H,22,23). The van der Waals surface area contributed by atoms with Crippen molar-refractivity contribution in [3.8, 4) is 5.75 Å². The van der Waals surface area contributed by atoms with Gasteiger partial charge in [-0.25, -0.2) is 4.79 Å². The lowest BCUT2D eigenvalue weighted by Gasteiger charge is -2.11. The topological polar surface area (TPSA) is 90.7 Å². The number of aryl methyl sites for hydroxylation is 1. The van der Waals surface area contributed by atoms with Gasteiger partial charge >= 0.3 is 5.97 Å². The lowest BCUT2D eigenvalue weighted by molar-refractivity contribution is -0.124. The SMILES string of the molecule is COc1cc(N)c(Cl)cc1C(=O)OCC(=O)NCCSc1ccc(C)cc1. The number of esters is 1. The number of thioether (sulfide) groups is 1. The fourth-order valence-electron chi connectivity index (χ4n) is 2.15. The molecule has 0 aliphatic rings. The second kappa shape index (κ2) is 10.1. The highest BCUT2D eigenvalue weighted by molar-refractivity contribution is 7.99. The quantitative estimate of drug-likeness (QED) is 0.301. The first-order valence-corrected chi connectivity index (χ1v) is 9.53. The Balaban J connectivity index is 1.76. The van der Waals surface area contributed by atoms with Gasteiger partial charge in [-0.1, -0.05) is 29.3 Å². The van der Waals surface area contributed by atoms with Crippen LogP contribution in [0.25, 0.3) is 0 Å². The Hall–Kier alpha value is -2.38. The molecular weight excluding hydrogens is 388 g/mol. The molecule has 0 aliphatic heterocycles. The van der Waals surface area contributed by atoms with Crippen molar-refractivity contribution in [2.24, 2.45) is 0 Å². The molecule has 3 N–H and O–H groups in total. The highest BCUT2D eigenvalue weighted by Crippen LogP contribution is 2.29. The highest BCUT2D eigenvalue weighted by Gasteiger charge is 2.17. The van der Waals surface area contributed by atoms with Crippen LogP contribution in [0.2, 0.25) is 5.02 Å². The van der Waals surface area contributed by atoms with Gasteiger partial charge in [-0.3, -0.25) is 4.79 Å². The summed E-state index contributed by atoms with van der Waals surface area (Å²) in [7, 11) is 1.40. The van der Waals surface area contributed by atoms with E-state index in [9.17, 15) is 9.59 Å². The van der Waals surface area contributed by atoms with E-state index in [-0.39, 0.29) is 34.5 Å². The number of nitrogens with two attached hydrogens (primary N) is 1. The maximum absolute atomic E-state index is 12.1. The van der Waals surface area contributed by atoms with Gasteiger partial charge in [0.25, 0.3) is 5.91 Å². The average Bonchev–Trinajstić information content (AvgIpc) is 2.66. The molecule has 2 aromatic rings. The van der Waals surface area contributed by atoms with Crippen molar-refractivity contribution in [3.63, 3.8) is 0 Å². The number of anilines is 1. The largest absolute Gasteiger partial charge is 0.496 e. The summed E-state index contributed by atoms with van der Waals surface area (Å²) < 4.78 is 10.1. The lowest BCUT2D eigenvalue weighted by Crippen LogP contribution is -2.30. The molecule has 0 bridgehead atoms. The van der Waals surface area contributed by atoms with Crippen molar-refractivity contribution in [1.29, 1.82) is 0 Å². The average molecular weight is 409 g/mol. The number of carbonyl (C=O) groups excluding carboxylic acids is 2. The van der Waals surface area contributed by atoms with Gasteiger partial charge in [-0.05, 0) is 25.1 Å². The number of benzene rings is 2. The van der Waals surface area contributed by atoms with Crippen LogP contribution in [0.1, 0.15) is 15.9 Å². The molecule has 1 amide bonds. The highest BCUT2D eigenvalue weighted by atomic mass is 35.5. The second-order valence-corrected chi connectivity index (χ2v) is 7.24. The van der Waals surface area contributed by atoms with Crippen molar-refractivity contribution in [2.45, 2.75) is 11.8 Å². The predicted octanol–water partition coefficient (Wildman–Crippen LogP) is 3.30. The molecule has 144 valence electrons. The molecule has 0 saturated carbocycles. The maximum Gasteiger partial charge on any atom is 0.342 e. The molecule has 8 heteroatoms. The zero-order valence-electron chi connectivity index (χ0n) is 15.1. The molecule has 0 unspecified atom stereocenters. The first-order valence-electron chi connectivity index (χ1n) is 8.17. The third-order valence-corrected chi connectivity index (χ3v) is 4.93.